The Morgan fingerprint density at radius 1 is 1.33 bits per heavy atom. The number of aromatic nitrogens is 3. The molecule has 6 nitrogen and oxygen atoms in total. The summed E-state index contributed by atoms with van der Waals surface area (Å²) < 4.78 is 0. The van der Waals surface area contributed by atoms with Crippen molar-refractivity contribution >= 4 is 5.91 Å². The lowest BCUT2D eigenvalue weighted by atomic mass is 9.96. The number of carbonyl (C=O) groups is 1. The van der Waals surface area contributed by atoms with Crippen LogP contribution in [0.5, 0.6) is 0 Å². The summed E-state index contributed by atoms with van der Waals surface area (Å²) in [5.74, 6) is 1.30. The minimum atomic E-state index is -0.225. The molecule has 0 aromatic carbocycles. The third-order valence-electron chi connectivity index (χ3n) is 3.37. The highest BCUT2D eigenvalue weighted by molar-refractivity contribution is 5.90. The molecule has 0 fully saturated rings. The van der Waals surface area contributed by atoms with Crippen LogP contribution in [0.4, 0.5) is 0 Å². The average Bonchev–Trinajstić information content (AvgIpc) is 2.82. The Kier molecular flexibility index (Phi) is 5.89. The summed E-state index contributed by atoms with van der Waals surface area (Å²) in [7, 11) is 4.06. The Morgan fingerprint density at radius 3 is 2.38 bits per heavy atom. The quantitative estimate of drug-likeness (QED) is 0.839. The van der Waals surface area contributed by atoms with Crippen LogP contribution in [0.2, 0.25) is 0 Å². The van der Waals surface area contributed by atoms with Crippen molar-refractivity contribution in [1.82, 2.24) is 25.4 Å². The minimum Gasteiger partial charge on any atom is -0.348 e. The molecule has 1 atom stereocenters. The molecule has 0 aliphatic carbocycles. The monoisotopic (exact) mass is 295 g/mol. The van der Waals surface area contributed by atoms with Crippen molar-refractivity contribution in [3.8, 4) is 0 Å². The molecule has 0 radical (unpaired) electrons. The first-order valence-corrected chi connectivity index (χ1v) is 7.48. The van der Waals surface area contributed by atoms with E-state index >= 15 is 0 Å². The third-order valence-corrected chi connectivity index (χ3v) is 3.37. The van der Waals surface area contributed by atoms with Gasteiger partial charge in [0.05, 0.1) is 0 Å². The number of rotatable bonds is 6. The molecule has 120 valence electrons. The summed E-state index contributed by atoms with van der Waals surface area (Å²) >= 11 is 0. The van der Waals surface area contributed by atoms with Crippen LogP contribution in [0, 0.1) is 5.92 Å². The number of hydrogen-bond acceptors (Lipinski definition) is 4. The number of H-pyrrole nitrogens is 1. The van der Waals surface area contributed by atoms with Gasteiger partial charge in [-0.3, -0.25) is 9.89 Å². The molecule has 1 unspecified atom stereocenters. The fourth-order valence-corrected chi connectivity index (χ4v) is 2.01. The average molecular weight is 295 g/mol. The highest BCUT2D eigenvalue weighted by Gasteiger charge is 2.22. The third kappa shape index (κ3) is 5.46. The highest BCUT2D eigenvalue weighted by atomic mass is 16.2. The zero-order chi connectivity index (χ0) is 16.2. The number of nitrogens with one attached hydrogen (secondary N) is 2. The van der Waals surface area contributed by atoms with Crippen molar-refractivity contribution in [3.05, 3.63) is 11.6 Å². The Morgan fingerprint density at radius 2 is 1.95 bits per heavy atom. The molecule has 0 spiro atoms. The molecule has 1 rings (SSSR count). The SMILES string of the molecule is CC(C)CC(CNC(=O)c1n[nH]c(C(C)(C)C)n1)N(C)C. The number of hydrogen-bond donors (Lipinski definition) is 2. The zero-order valence-corrected chi connectivity index (χ0v) is 14.3. The number of nitrogens with zero attached hydrogens (tertiary/aromatic N) is 3. The van der Waals surface area contributed by atoms with Crippen LogP contribution in [0.15, 0.2) is 0 Å². The Labute approximate surface area is 127 Å². The van der Waals surface area contributed by atoms with Crippen molar-refractivity contribution < 1.29 is 4.79 Å². The molecule has 0 saturated carbocycles. The molecule has 0 aliphatic rings. The van der Waals surface area contributed by atoms with Gasteiger partial charge >= 0.3 is 0 Å². The predicted octanol–water partition coefficient (Wildman–Crippen LogP) is 1.81. The fraction of sp³-hybridized carbons (Fsp3) is 0.800. The highest BCUT2D eigenvalue weighted by Crippen LogP contribution is 2.17. The second kappa shape index (κ2) is 7.02. The molecule has 1 heterocycles. The standard InChI is InChI=1S/C15H29N5O/c1-10(2)8-11(20(6)7)9-16-13(21)12-17-14(19-18-12)15(3,4)5/h10-11H,8-9H2,1-7H3,(H,16,21)(H,17,18,19). The molecule has 1 aromatic heterocycles. The summed E-state index contributed by atoms with van der Waals surface area (Å²) in [5.41, 5.74) is -0.144. The lowest BCUT2D eigenvalue weighted by Crippen LogP contribution is -2.41. The van der Waals surface area contributed by atoms with Gasteiger partial charge in [0.2, 0.25) is 5.82 Å². The maximum absolute atomic E-state index is 12.1. The Bertz CT molecular complexity index is 459. The van der Waals surface area contributed by atoms with E-state index in [0.717, 1.165) is 12.2 Å². The molecule has 0 bridgehead atoms. The van der Waals surface area contributed by atoms with Gasteiger partial charge in [0.15, 0.2) is 0 Å². The van der Waals surface area contributed by atoms with Gasteiger partial charge in [-0.25, -0.2) is 4.98 Å². The van der Waals surface area contributed by atoms with E-state index in [-0.39, 0.29) is 17.1 Å². The second-order valence-corrected chi connectivity index (χ2v) is 7.21. The minimum absolute atomic E-state index is 0.144. The molecule has 2 N–H and O–H groups in total. The van der Waals surface area contributed by atoms with Crippen LogP contribution in [0.1, 0.15) is 57.5 Å². The first-order chi connectivity index (χ1) is 9.61. The number of likely N-dealkylation sites (N-methyl/N-ethyl adjacent to an activating group) is 1. The van der Waals surface area contributed by atoms with E-state index < -0.39 is 0 Å². The predicted molar refractivity (Wildman–Crippen MR) is 84.3 cm³/mol. The summed E-state index contributed by atoms with van der Waals surface area (Å²) in [5, 5.41) is 9.77. The Hall–Kier alpha value is -1.43. The second-order valence-electron chi connectivity index (χ2n) is 7.21. The maximum Gasteiger partial charge on any atom is 0.291 e. The van der Waals surface area contributed by atoms with Crippen molar-refractivity contribution in [2.24, 2.45) is 5.92 Å². The smallest absolute Gasteiger partial charge is 0.291 e. The van der Waals surface area contributed by atoms with Crippen LogP contribution in [-0.2, 0) is 5.41 Å². The summed E-state index contributed by atoms with van der Waals surface area (Å²) in [6.45, 7) is 11.1. The molecular formula is C15H29N5O. The van der Waals surface area contributed by atoms with Crippen molar-refractivity contribution in [2.75, 3.05) is 20.6 Å². The van der Waals surface area contributed by atoms with Crippen LogP contribution >= 0.6 is 0 Å². The van der Waals surface area contributed by atoms with Gasteiger partial charge in [-0.2, -0.15) is 0 Å². The molecule has 1 aromatic rings. The van der Waals surface area contributed by atoms with E-state index in [1.807, 2.05) is 34.9 Å². The van der Waals surface area contributed by atoms with Gasteiger partial charge < -0.3 is 10.2 Å². The lowest BCUT2D eigenvalue weighted by Gasteiger charge is -2.26. The van der Waals surface area contributed by atoms with Gasteiger partial charge in [0.1, 0.15) is 5.82 Å². The van der Waals surface area contributed by atoms with Crippen molar-refractivity contribution in [3.63, 3.8) is 0 Å². The molecule has 1 amide bonds. The van der Waals surface area contributed by atoms with E-state index in [9.17, 15) is 4.79 Å². The van der Waals surface area contributed by atoms with Gasteiger partial charge in [-0.05, 0) is 26.4 Å². The van der Waals surface area contributed by atoms with Crippen LogP contribution in [0.25, 0.3) is 0 Å². The molecule has 0 saturated heterocycles. The fourth-order valence-electron chi connectivity index (χ4n) is 2.01. The van der Waals surface area contributed by atoms with E-state index in [1.165, 1.54) is 0 Å². The number of aromatic amines is 1. The first-order valence-electron chi connectivity index (χ1n) is 7.48. The summed E-state index contributed by atoms with van der Waals surface area (Å²) in [6.07, 6.45) is 1.04. The van der Waals surface area contributed by atoms with Gasteiger partial charge in [0.25, 0.3) is 5.91 Å². The van der Waals surface area contributed by atoms with Crippen LogP contribution in [-0.4, -0.2) is 52.7 Å². The largest absolute Gasteiger partial charge is 0.348 e. The topological polar surface area (TPSA) is 73.9 Å². The molecule has 6 heteroatoms. The van der Waals surface area contributed by atoms with E-state index in [1.54, 1.807) is 0 Å². The molecule has 21 heavy (non-hydrogen) atoms. The van der Waals surface area contributed by atoms with Crippen molar-refractivity contribution in [1.29, 1.82) is 0 Å². The lowest BCUT2D eigenvalue weighted by molar-refractivity contribution is 0.0928. The Balaban J connectivity index is 2.62. The normalized spacial score (nSPS) is 13.8. The zero-order valence-electron chi connectivity index (χ0n) is 14.3. The maximum atomic E-state index is 12.1. The molecular weight excluding hydrogens is 266 g/mol. The number of carbonyl (C=O) groups excluding carboxylic acids is 1. The van der Waals surface area contributed by atoms with E-state index in [0.29, 0.717) is 18.5 Å². The first kappa shape index (κ1) is 17.6. The molecule has 0 aliphatic heterocycles. The summed E-state index contributed by atoms with van der Waals surface area (Å²) in [4.78, 5) is 18.5. The van der Waals surface area contributed by atoms with Crippen molar-refractivity contribution in [2.45, 2.75) is 52.5 Å². The summed E-state index contributed by atoms with van der Waals surface area (Å²) in [6, 6.07) is 0.315. The van der Waals surface area contributed by atoms with Gasteiger partial charge in [-0.1, -0.05) is 34.6 Å². The van der Waals surface area contributed by atoms with E-state index in [2.05, 4.69) is 39.2 Å². The van der Waals surface area contributed by atoms with Gasteiger partial charge in [-0.15, -0.1) is 5.10 Å². The number of amides is 1. The van der Waals surface area contributed by atoms with Gasteiger partial charge in [0, 0.05) is 18.0 Å². The van der Waals surface area contributed by atoms with E-state index in [4.69, 9.17) is 0 Å². The van der Waals surface area contributed by atoms with Crippen LogP contribution < -0.4 is 5.32 Å². The van der Waals surface area contributed by atoms with Crippen LogP contribution in [0.3, 0.4) is 0 Å².